The van der Waals surface area contributed by atoms with Crippen molar-refractivity contribution >= 4 is 11.8 Å². The highest BCUT2D eigenvalue weighted by Gasteiger charge is 2.49. The van der Waals surface area contributed by atoms with E-state index in [0.717, 1.165) is 73.3 Å². The molecule has 1 fully saturated rings. The third-order valence-electron chi connectivity index (χ3n) is 9.96. The van der Waals surface area contributed by atoms with Crippen LogP contribution in [-0.2, 0) is 16.4 Å². The van der Waals surface area contributed by atoms with Crippen LogP contribution in [0.2, 0.25) is 0 Å². The summed E-state index contributed by atoms with van der Waals surface area (Å²) in [5.41, 5.74) is 2.68. The Morgan fingerprint density at radius 2 is 1.28 bits per heavy atom. The summed E-state index contributed by atoms with van der Waals surface area (Å²) < 4.78 is 78.7. The number of carbonyl (C=O) groups is 2. The lowest BCUT2D eigenvalue weighted by Gasteiger charge is -2.32. The zero-order chi connectivity index (χ0) is 35.5. The van der Waals surface area contributed by atoms with Crippen LogP contribution in [0.25, 0.3) is 22.3 Å². The second-order valence-corrected chi connectivity index (χ2v) is 13.1. The number of quaternary nitrogens is 1. The molecule has 2 amide bonds. The van der Waals surface area contributed by atoms with Crippen LogP contribution in [0.15, 0.2) is 97.1 Å². The van der Waals surface area contributed by atoms with Crippen LogP contribution >= 0.6 is 0 Å². The summed E-state index contributed by atoms with van der Waals surface area (Å²) in [6, 6.07) is 26.4. The molecular weight excluding hydrogens is 656 g/mol. The molecule has 262 valence electrons. The van der Waals surface area contributed by atoms with Crippen LogP contribution < -0.4 is 15.5 Å². The zero-order valence-electron chi connectivity index (χ0n) is 27.3. The molecule has 11 heteroatoms. The topological polar surface area (TPSA) is 62.6 Å². The van der Waals surface area contributed by atoms with Crippen LogP contribution in [0.5, 0.6) is 0 Å². The fourth-order valence-electron chi connectivity index (χ4n) is 7.50. The molecule has 1 heterocycles. The number of alkyl halides is 6. The summed E-state index contributed by atoms with van der Waals surface area (Å²) in [5.74, 6) is -0.920. The minimum Gasteiger partial charge on any atom is -0.349 e. The molecule has 0 aromatic heterocycles. The summed E-state index contributed by atoms with van der Waals surface area (Å²) in [6.45, 7) is 1.05. The maximum absolute atomic E-state index is 13.7. The molecule has 4 aromatic rings. The number of nitrogens with one attached hydrogen (secondary N) is 3. The van der Waals surface area contributed by atoms with Crippen molar-refractivity contribution in [3.63, 3.8) is 0 Å². The molecule has 0 atom stereocenters. The summed E-state index contributed by atoms with van der Waals surface area (Å²) >= 11 is 0. The first-order valence-corrected chi connectivity index (χ1v) is 16.8. The van der Waals surface area contributed by atoms with Gasteiger partial charge in [0.2, 0.25) is 5.91 Å². The molecule has 5 nitrogen and oxygen atoms in total. The van der Waals surface area contributed by atoms with E-state index in [0.29, 0.717) is 29.5 Å². The zero-order valence-corrected chi connectivity index (χ0v) is 27.3. The number of hydrogen-bond donors (Lipinski definition) is 3. The van der Waals surface area contributed by atoms with E-state index in [1.165, 1.54) is 17.0 Å². The van der Waals surface area contributed by atoms with Gasteiger partial charge in [-0.15, -0.1) is 0 Å². The van der Waals surface area contributed by atoms with E-state index in [2.05, 4.69) is 10.6 Å². The van der Waals surface area contributed by atoms with Gasteiger partial charge < -0.3 is 15.5 Å². The highest BCUT2D eigenvalue weighted by molar-refractivity contribution is 6.01. The Hall–Kier alpha value is -4.64. The first kappa shape index (κ1) is 35.2. The first-order valence-electron chi connectivity index (χ1n) is 16.8. The molecule has 2 aliphatic rings. The van der Waals surface area contributed by atoms with E-state index in [-0.39, 0.29) is 11.9 Å². The smallest absolute Gasteiger partial charge is 0.349 e. The number of unbranched alkanes of at least 4 members (excludes halogenated alkanes) is 1. The third-order valence-corrected chi connectivity index (χ3v) is 9.96. The van der Waals surface area contributed by atoms with E-state index in [1.807, 2.05) is 48.5 Å². The fraction of sp³-hybridized carbons (Fsp3) is 0.333. The van der Waals surface area contributed by atoms with Gasteiger partial charge in [0.15, 0.2) is 0 Å². The van der Waals surface area contributed by atoms with Gasteiger partial charge >= 0.3 is 12.4 Å². The molecule has 0 spiro atoms. The minimum atomic E-state index is -4.53. The summed E-state index contributed by atoms with van der Waals surface area (Å²) in [7, 11) is 0. The normalized spacial score (nSPS) is 18.2. The van der Waals surface area contributed by atoms with Crippen LogP contribution in [0.1, 0.15) is 59.2 Å². The summed E-state index contributed by atoms with van der Waals surface area (Å²) in [6.07, 6.45) is -5.72. The number of hydrogen-bond acceptors (Lipinski definition) is 2. The first-order chi connectivity index (χ1) is 23.9. The number of likely N-dealkylation sites (tertiary alicyclic amines) is 1. The average molecular weight is 695 g/mol. The van der Waals surface area contributed by atoms with E-state index in [9.17, 15) is 35.9 Å². The van der Waals surface area contributed by atoms with Crippen molar-refractivity contribution in [3.05, 3.63) is 119 Å². The molecule has 0 unspecified atom stereocenters. The summed E-state index contributed by atoms with van der Waals surface area (Å²) in [5, 5.41) is 5.29. The Labute approximate surface area is 286 Å². The quantitative estimate of drug-likeness (QED) is 0.124. The van der Waals surface area contributed by atoms with Gasteiger partial charge in [0.25, 0.3) is 5.91 Å². The van der Waals surface area contributed by atoms with Crippen LogP contribution in [0.3, 0.4) is 0 Å². The third kappa shape index (κ3) is 7.43. The van der Waals surface area contributed by atoms with Crippen molar-refractivity contribution in [2.24, 2.45) is 0 Å². The maximum atomic E-state index is 13.7. The van der Waals surface area contributed by atoms with Crippen molar-refractivity contribution in [2.45, 2.75) is 55.9 Å². The number of piperidine rings is 1. The highest BCUT2D eigenvalue weighted by atomic mass is 19.4. The maximum Gasteiger partial charge on any atom is 0.416 e. The number of amides is 2. The van der Waals surface area contributed by atoms with Crippen LogP contribution in [0, 0.1) is 0 Å². The standard InChI is InChI=1S/C39H37F6N3O2/c40-38(41,42)25-46-36(50)37(33-13-5-3-10-30(33)31-11-4-6-14-34(31)37)21-7-8-22-48-23-19-28(20-24-48)47-35(49)32-12-2-1-9-29(32)26-15-17-27(18-16-26)39(43,44)45/h1-6,9-18,28H,7-8,19-25H2,(H,46,50)(H,47,49)/p+1. The van der Waals surface area contributed by atoms with E-state index >= 15 is 0 Å². The molecule has 1 saturated heterocycles. The second kappa shape index (κ2) is 14.3. The van der Waals surface area contributed by atoms with E-state index in [4.69, 9.17) is 0 Å². The van der Waals surface area contributed by atoms with E-state index < -0.39 is 35.8 Å². The summed E-state index contributed by atoms with van der Waals surface area (Å²) in [4.78, 5) is 28.4. The molecule has 1 aliphatic heterocycles. The lowest BCUT2D eigenvalue weighted by Crippen LogP contribution is -3.13. The molecule has 4 aromatic carbocycles. The lowest BCUT2D eigenvalue weighted by molar-refractivity contribution is -0.905. The van der Waals surface area contributed by atoms with Crippen molar-refractivity contribution in [1.29, 1.82) is 0 Å². The van der Waals surface area contributed by atoms with Gasteiger partial charge in [-0.25, -0.2) is 0 Å². The Bertz CT molecular complexity index is 1780. The largest absolute Gasteiger partial charge is 0.416 e. The Morgan fingerprint density at radius 3 is 1.86 bits per heavy atom. The van der Waals surface area contributed by atoms with Gasteiger partial charge in [-0.1, -0.05) is 78.9 Å². The van der Waals surface area contributed by atoms with Gasteiger partial charge in [-0.2, -0.15) is 26.3 Å². The number of halogens is 6. The number of rotatable bonds is 10. The Morgan fingerprint density at radius 1 is 0.720 bits per heavy atom. The van der Waals surface area contributed by atoms with Gasteiger partial charge in [0.05, 0.1) is 25.2 Å². The molecule has 1 aliphatic carbocycles. The number of carbonyl (C=O) groups excluding carboxylic acids is 2. The lowest BCUT2D eigenvalue weighted by atomic mass is 9.73. The fourth-order valence-corrected chi connectivity index (χ4v) is 7.50. The van der Waals surface area contributed by atoms with Crippen molar-refractivity contribution in [2.75, 3.05) is 26.2 Å². The number of benzene rings is 4. The van der Waals surface area contributed by atoms with Gasteiger partial charge in [-0.05, 0) is 70.8 Å². The Kier molecular flexibility index (Phi) is 10.1. The van der Waals surface area contributed by atoms with Crippen LogP contribution in [0.4, 0.5) is 26.3 Å². The van der Waals surface area contributed by atoms with Gasteiger partial charge in [0.1, 0.15) is 12.0 Å². The molecule has 0 saturated carbocycles. The molecular formula is C39H38F6N3O2+. The highest BCUT2D eigenvalue weighted by Crippen LogP contribution is 2.51. The molecule has 6 rings (SSSR count). The van der Waals surface area contributed by atoms with E-state index in [1.54, 1.807) is 24.3 Å². The second-order valence-electron chi connectivity index (χ2n) is 13.1. The van der Waals surface area contributed by atoms with Crippen molar-refractivity contribution < 1.29 is 40.8 Å². The SMILES string of the molecule is O=C(NC1CC[NH+](CCCCC2(C(=O)NCC(F)(F)F)c3ccccc3-c3ccccc32)CC1)c1ccccc1-c1ccc(C(F)(F)F)cc1. The van der Waals surface area contributed by atoms with Crippen molar-refractivity contribution in [1.82, 2.24) is 10.6 Å². The molecule has 50 heavy (non-hydrogen) atoms. The van der Waals surface area contributed by atoms with Gasteiger partial charge in [0, 0.05) is 24.4 Å². The van der Waals surface area contributed by atoms with Crippen LogP contribution in [-0.4, -0.2) is 50.2 Å². The molecule has 3 N–H and O–H groups in total. The van der Waals surface area contributed by atoms with Gasteiger partial charge in [-0.3, -0.25) is 9.59 Å². The molecule has 0 radical (unpaired) electrons. The Balaban J connectivity index is 1.05. The minimum absolute atomic E-state index is 0.0565. The number of fused-ring (bicyclic) bond motifs is 3. The predicted molar refractivity (Wildman–Crippen MR) is 179 cm³/mol. The average Bonchev–Trinajstić information content (AvgIpc) is 3.39. The van der Waals surface area contributed by atoms with Crippen molar-refractivity contribution in [3.8, 4) is 22.3 Å². The molecule has 0 bridgehead atoms. The monoisotopic (exact) mass is 694 g/mol. The predicted octanol–water partition coefficient (Wildman–Crippen LogP) is 6.97.